The van der Waals surface area contributed by atoms with E-state index >= 15 is 0 Å². The third-order valence-electron chi connectivity index (χ3n) is 2.83. The van der Waals surface area contributed by atoms with Gasteiger partial charge in [0.1, 0.15) is 22.8 Å². The first-order valence-electron chi connectivity index (χ1n) is 7.82. The molecule has 0 atom stereocenters. The van der Waals surface area contributed by atoms with Crippen molar-refractivity contribution in [1.82, 2.24) is 0 Å². The summed E-state index contributed by atoms with van der Waals surface area (Å²) in [4.78, 5) is 12.1. The second-order valence-electron chi connectivity index (χ2n) is 4.83. The van der Waals surface area contributed by atoms with Crippen molar-refractivity contribution in [2.45, 2.75) is 40.0 Å². The fraction of sp³-hybridized carbons (Fsp3) is 0.588. The number of ether oxygens (including phenoxy) is 4. The molecule has 5 nitrogen and oxygen atoms in total. The molecule has 22 heavy (non-hydrogen) atoms. The smallest absolute Gasteiger partial charge is 0.345 e. The van der Waals surface area contributed by atoms with Crippen molar-refractivity contribution < 1.29 is 23.7 Å². The van der Waals surface area contributed by atoms with E-state index in [9.17, 15) is 4.79 Å². The Kier molecular flexibility index (Phi) is 8.18. The third kappa shape index (κ3) is 5.13. The van der Waals surface area contributed by atoms with E-state index in [1.165, 1.54) is 7.11 Å². The summed E-state index contributed by atoms with van der Waals surface area (Å²) < 4.78 is 21.9. The Morgan fingerprint density at radius 1 is 0.864 bits per heavy atom. The molecule has 1 aromatic carbocycles. The molecule has 5 heteroatoms. The van der Waals surface area contributed by atoms with Crippen molar-refractivity contribution in [3.05, 3.63) is 17.7 Å². The highest BCUT2D eigenvalue weighted by Gasteiger charge is 2.22. The molecule has 0 saturated heterocycles. The lowest BCUT2D eigenvalue weighted by Gasteiger charge is -2.17. The molecule has 1 rings (SSSR count). The fourth-order valence-corrected chi connectivity index (χ4v) is 1.82. The number of benzene rings is 1. The van der Waals surface area contributed by atoms with E-state index in [1.807, 2.05) is 20.8 Å². The fourth-order valence-electron chi connectivity index (χ4n) is 1.82. The predicted molar refractivity (Wildman–Crippen MR) is 85.1 cm³/mol. The molecule has 0 unspecified atom stereocenters. The van der Waals surface area contributed by atoms with Gasteiger partial charge < -0.3 is 18.9 Å². The molecule has 0 heterocycles. The Morgan fingerprint density at radius 3 is 1.73 bits per heavy atom. The average molecular weight is 310 g/mol. The largest absolute Gasteiger partial charge is 0.493 e. The van der Waals surface area contributed by atoms with Crippen LogP contribution in [0, 0.1) is 0 Å². The van der Waals surface area contributed by atoms with Gasteiger partial charge in [0.15, 0.2) is 0 Å². The number of carbonyl (C=O) groups excluding carboxylic acids is 1. The van der Waals surface area contributed by atoms with E-state index < -0.39 is 5.97 Å². The summed E-state index contributed by atoms with van der Waals surface area (Å²) in [5.74, 6) is 1.03. The number of hydrogen-bond acceptors (Lipinski definition) is 5. The Labute approximate surface area is 132 Å². The van der Waals surface area contributed by atoms with Gasteiger partial charge in [-0.25, -0.2) is 4.79 Å². The second-order valence-corrected chi connectivity index (χ2v) is 4.83. The summed E-state index contributed by atoms with van der Waals surface area (Å²) in [5, 5.41) is 0. The number of methoxy groups -OCH3 is 1. The van der Waals surface area contributed by atoms with Gasteiger partial charge in [0.05, 0.1) is 26.9 Å². The quantitative estimate of drug-likeness (QED) is 0.615. The first-order valence-corrected chi connectivity index (χ1v) is 7.82. The summed E-state index contributed by atoms with van der Waals surface area (Å²) in [6.45, 7) is 7.65. The average Bonchev–Trinajstić information content (AvgIpc) is 2.55. The lowest BCUT2D eigenvalue weighted by Crippen LogP contribution is -2.11. The van der Waals surface area contributed by atoms with E-state index in [0.29, 0.717) is 42.6 Å². The van der Waals surface area contributed by atoms with Crippen LogP contribution < -0.4 is 14.2 Å². The first-order chi connectivity index (χ1) is 10.7. The summed E-state index contributed by atoms with van der Waals surface area (Å²) in [6.07, 6.45) is 2.58. The Balaban J connectivity index is 3.22. The molecule has 0 spiro atoms. The zero-order chi connectivity index (χ0) is 16.4. The van der Waals surface area contributed by atoms with Gasteiger partial charge in [0, 0.05) is 12.1 Å². The molecule has 0 aliphatic rings. The van der Waals surface area contributed by atoms with Crippen LogP contribution in [0.4, 0.5) is 0 Å². The number of carbonyl (C=O) groups is 1. The molecule has 0 aromatic heterocycles. The van der Waals surface area contributed by atoms with Gasteiger partial charge in [-0.2, -0.15) is 0 Å². The van der Waals surface area contributed by atoms with Crippen LogP contribution in [0.5, 0.6) is 17.2 Å². The van der Waals surface area contributed by atoms with Crippen LogP contribution >= 0.6 is 0 Å². The Bertz CT molecular complexity index is 441. The lowest BCUT2D eigenvalue weighted by molar-refractivity contribution is 0.0590. The molecule has 0 fully saturated rings. The minimum atomic E-state index is -0.473. The number of esters is 1. The third-order valence-corrected chi connectivity index (χ3v) is 2.83. The highest BCUT2D eigenvalue weighted by atomic mass is 16.5. The zero-order valence-electron chi connectivity index (χ0n) is 13.9. The summed E-state index contributed by atoms with van der Waals surface area (Å²) in [6, 6.07) is 3.44. The second kappa shape index (κ2) is 9.92. The van der Waals surface area contributed by atoms with Crippen molar-refractivity contribution >= 4 is 5.97 Å². The topological polar surface area (TPSA) is 54.0 Å². The Morgan fingerprint density at radius 2 is 1.32 bits per heavy atom. The zero-order valence-corrected chi connectivity index (χ0v) is 13.9. The van der Waals surface area contributed by atoms with Crippen LogP contribution in [0.2, 0.25) is 0 Å². The molecule has 1 aromatic rings. The van der Waals surface area contributed by atoms with Crippen molar-refractivity contribution in [3.8, 4) is 17.2 Å². The highest BCUT2D eigenvalue weighted by Crippen LogP contribution is 2.35. The van der Waals surface area contributed by atoms with E-state index in [-0.39, 0.29) is 0 Å². The van der Waals surface area contributed by atoms with Crippen LogP contribution in [-0.2, 0) is 4.74 Å². The highest BCUT2D eigenvalue weighted by molar-refractivity contribution is 5.96. The van der Waals surface area contributed by atoms with E-state index in [1.54, 1.807) is 12.1 Å². The van der Waals surface area contributed by atoms with Gasteiger partial charge in [-0.3, -0.25) is 0 Å². The van der Waals surface area contributed by atoms with Crippen LogP contribution in [0.1, 0.15) is 50.4 Å². The van der Waals surface area contributed by atoms with Crippen LogP contribution in [0.15, 0.2) is 12.1 Å². The SMILES string of the molecule is CCCOc1cc(OCCC)c(C(=O)OC)c(OCCC)c1. The lowest BCUT2D eigenvalue weighted by atomic mass is 10.1. The molecule has 0 aliphatic carbocycles. The molecule has 0 amide bonds. The van der Waals surface area contributed by atoms with Crippen molar-refractivity contribution in [1.29, 1.82) is 0 Å². The summed E-state index contributed by atoms with van der Waals surface area (Å²) >= 11 is 0. The monoisotopic (exact) mass is 310 g/mol. The molecule has 0 saturated carbocycles. The predicted octanol–water partition coefficient (Wildman–Crippen LogP) is 3.84. The van der Waals surface area contributed by atoms with Crippen LogP contribution in [0.25, 0.3) is 0 Å². The van der Waals surface area contributed by atoms with Crippen molar-refractivity contribution in [2.75, 3.05) is 26.9 Å². The standard InChI is InChI=1S/C17H26O5/c1-5-8-20-13-11-14(21-9-6-2)16(17(18)19-4)15(12-13)22-10-7-3/h11-12H,5-10H2,1-4H3. The van der Waals surface area contributed by atoms with Gasteiger partial charge in [-0.05, 0) is 19.3 Å². The minimum absolute atomic E-state index is 0.313. The normalized spacial score (nSPS) is 10.2. The molecular formula is C17H26O5. The molecule has 0 bridgehead atoms. The van der Waals surface area contributed by atoms with Crippen molar-refractivity contribution in [3.63, 3.8) is 0 Å². The molecular weight excluding hydrogens is 284 g/mol. The van der Waals surface area contributed by atoms with E-state index in [0.717, 1.165) is 19.3 Å². The van der Waals surface area contributed by atoms with Crippen LogP contribution in [0.3, 0.4) is 0 Å². The molecule has 124 valence electrons. The summed E-state index contributed by atoms with van der Waals surface area (Å²) in [5.41, 5.74) is 0.313. The maximum Gasteiger partial charge on any atom is 0.345 e. The van der Waals surface area contributed by atoms with Gasteiger partial charge in [0.25, 0.3) is 0 Å². The van der Waals surface area contributed by atoms with Gasteiger partial charge in [-0.1, -0.05) is 20.8 Å². The Hall–Kier alpha value is -1.91. The van der Waals surface area contributed by atoms with Gasteiger partial charge in [-0.15, -0.1) is 0 Å². The van der Waals surface area contributed by atoms with Crippen LogP contribution in [-0.4, -0.2) is 32.9 Å². The number of hydrogen-bond donors (Lipinski definition) is 0. The van der Waals surface area contributed by atoms with E-state index in [2.05, 4.69) is 0 Å². The number of rotatable bonds is 10. The molecule has 0 aliphatic heterocycles. The maximum atomic E-state index is 12.1. The van der Waals surface area contributed by atoms with E-state index in [4.69, 9.17) is 18.9 Å². The molecule has 0 radical (unpaired) electrons. The first kappa shape index (κ1) is 18.1. The van der Waals surface area contributed by atoms with Gasteiger partial charge >= 0.3 is 5.97 Å². The van der Waals surface area contributed by atoms with Gasteiger partial charge in [0.2, 0.25) is 0 Å². The molecule has 0 N–H and O–H groups in total. The maximum absolute atomic E-state index is 12.1. The van der Waals surface area contributed by atoms with Crippen molar-refractivity contribution in [2.24, 2.45) is 0 Å². The minimum Gasteiger partial charge on any atom is -0.493 e. The summed E-state index contributed by atoms with van der Waals surface area (Å²) in [7, 11) is 1.34.